The smallest absolute Gasteiger partial charge is 0.0543 e. The highest BCUT2D eigenvalue weighted by atomic mass is 16.3. The summed E-state index contributed by atoms with van der Waals surface area (Å²) >= 11 is 0. The van der Waals surface area contributed by atoms with E-state index in [1.54, 1.807) is 0 Å². The first-order valence-electron chi connectivity index (χ1n) is 12.9. The summed E-state index contributed by atoms with van der Waals surface area (Å²) in [7, 11) is 0. The third-order valence-electron chi connectivity index (χ3n) is 10.8. The van der Waals surface area contributed by atoms with Gasteiger partial charge in [-0.1, -0.05) is 53.9 Å². The van der Waals surface area contributed by atoms with Crippen LogP contribution in [0.25, 0.3) is 0 Å². The molecule has 4 fully saturated rings. The van der Waals surface area contributed by atoms with Crippen LogP contribution >= 0.6 is 0 Å². The highest BCUT2D eigenvalue weighted by Gasteiger charge is 2.60. The number of aliphatic hydroxyl groups is 1. The van der Waals surface area contributed by atoms with Crippen molar-refractivity contribution in [1.29, 1.82) is 0 Å². The van der Waals surface area contributed by atoms with Gasteiger partial charge in [0.25, 0.3) is 0 Å². The Labute approximate surface area is 175 Å². The van der Waals surface area contributed by atoms with Crippen molar-refractivity contribution in [3.05, 3.63) is 0 Å². The third kappa shape index (κ3) is 3.50. The van der Waals surface area contributed by atoms with Gasteiger partial charge in [0, 0.05) is 0 Å². The summed E-state index contributed by atoms with van der Waals surface area (Å²) in [5.74, 6) is 6.49. The van der Waals surface area contributed by atoms with E-state index < -0.39 is 0 Å². The molecule has 0 aliphatic heterocycles. The molecule has 3 unspecified atom stereocenters. The zero-order valence-corrected chi connectivity index (χ0v) is 19.6. The third-order valence-corrected chi connectivity index (χ3v) is 10.8. The summed E-state index contributed by atoms with van der Waals surface area (Å²) in [6, 6.07) is 0. The number of aliphatic hydroxyl groups excluding tert-OH is 1. The van der Waals surface area contributed by atoms with E-state index in [1.165, 1.54) is 64.2 Å². The van der Waals surface area contributed by atoms with E-state index in [0.29, 0.717) is 10.8 Å². The highest BCUT2D eigenvalue weighted by Crippen LogP contribution is 2.68. The molecule has 1 heteroatoms. The maximum absolute atomic E-state index is 10.3. The Bertz CT molecular complexity index is 540. The maximum atomic E-state index is 10.3. The lowest BCUT2D eigenvalue weighted by molar-refractivity contribution is -0.129. The van der Waals surface area contributed by atoms with Crippen LogP contribution in [0.15, 0.2) is 0 Å². The molecule has 0 saturated heterocycles. The molecule has 0 aromatic heterocycles. The topological polar surface area (TPSA) is 20.2 Å². The maximum Gasteiger partial charge on any atom is 0.0543 e. The lowest BCUT2D eigenvalue weighted by Crippen LogP contribution is -2.54. The first-order chi connectivity index (χ1) is 13.3. The summed E-state index contributed by atoms with van der Waals surface area (Å²) in [6.07, 6.45) is 16.6. The van der Waals surface area contributed by atoms with Gasteiger partial charge in [0.15, 0.2) is 0 Å². The lowest BCUT2D eigenvalue weighted by atomic mass is 9.44. The van der Waals surface area contributed by atoms with E-state index in [4.69, 9.17) is 0 Å². The van der Waals surface area contributed by atoms with Gasteiger partial charge in [-0.25, -0.2) is 0 Å². The molecule has 0 radical (unpaired) electrons. The Morgan fingerprint density at radius 3 is 2.29 bits per heavy atom. The van der Waals surface area contributed by atoms with Crippen LogP contribution < -0.4 is 0 Å². The van der Waals surface area contributed by atoms with E-state index in [-0.39, 0.29) is 6.10 Å². The molecule has 4 aliphatic rings. The van der Waals surface area contributed by atoms with Crippen LogP contribution in [-0.2, 0) is 0 Å². The van der Waals surface area contributed by atoms with Crippen molar-refractivity contribution in [3.63, 3.8) is 0 Å². The largest absolute Gasteiger partial charge is 0.393 e. The van der Waals surface area contributed by atoms with Crippen molar-refractivity contribution in [2.75, 3.05) is 0 Å². The SMILES string of the molecule is CC(C)CCC[C@@H](C)[C@H]1CCC2C3CC[C@@H]4C[C@H](O)CC[C@]4(C)C3CC[C@@]21C. The fourth-order valence-corrected chi connectivity index (χ4v) is 9.26. The minimum Gasteiger partial charge on any atom is -0.393 e. The van der Waals surface area contributed by atoms with Crippen LogP contribution in [-0.4, -0.2) is 11.2 Å². The molecular weight excluding hydrogens is 340 g/mol. The van der Waals surface area contributed by atoms with E-state index in [9.17, 15) is 5.11 Å². The molecular formula is C27H48O. The molecule has 1 N–H and O–H groups in total. The van der Waals surface area contributed by atoms with Crippen LogP contribution in [0.4, 0.5) is 0 Å². The molecule has 28 heavy (non-hydrogen) atoms. The molecule has 0 amide bonds. The van der Waals surface area contributed by atoms with Crippen LogP contribution in [0, 0.1) is 52.3 Å². The molecule has 162 valence electrons. The fraction of sp³-hybridized carbons (Fsp3) is 1.00. The Hall–Kier alpha value is -0.0400. The monoisotopic (exact) mass is 388 g/mol. The first kappa shape index (κ1) is 21.2. The zero-order chi connectivity index (χ0) is 20.1. The molecule has 4 saturated carbocycles. The average molecular weight is 389 g/mol. The summed E-state index contributed by atoms with van der Waals surface area (Å²) in [6.45, 7) is 12.7. The summed E-state index contributed by atoms with van der Waals surface area (Å²) in [5, 5.41) is 10.3. The van der Waals surface area contributed by atoms with Gasteiger partial charge in [0.1, 0.15) is 0 Å². The molecule has 0 bridgehead atoms. The van der Waals surface area contributed by atoms with Crippen molar-refractivity contribution < 1.29 is 5.11 Å². The molecule has 0 spiro atoms. The van der Waals surface area contributed by atoms with E-state index in [1.807, 2.05) is 0 Å². The van der Waals surface area contributed by atoms with Gasteiger partial charge in [0.2, 0.25) is 0 Å². The van der Waals surface area contributed by atoms with Crippen molar-refractivity contribution >= 4 is 0 Å². The van der Waals surface area contributed by atoms with Crippen molar-refractivity contribution in [2.24, 2.45) is 52.3 Å². The average Bonchev–Trinajstić information content (AvgIpc) is 2.99. The summed E-state index contributed by atoms with van der Waals surface area (Å²) in [5.41, 5.74) is 1.15. The van der Waals surface area contributed by atoms with Crippen molar-refractivity contribution in [2.45, 2.75) is 118 Å². The zero-order valence-electron chi connectivity index (χ0n) is 19.6. The van der Waals surface area contributed by atoms with E-state index in [2.05, 4.69) is 34.6 Å². The van der Waals surface area contributed by atoms with E-state index >= 15 is 0 Å². The minimum absolute atomic E-state index is 0.00830. The van der Waals surface area contributed by atoms with Gasteiger partial charge in [-0.05, 0) is 110 Å². The molecule has 4 aliphatic carbocycles. The summed E-state index contributed by atoms with van der Waals surface area (Å²) < 4.78 is 0. The fourth-order valence-electron chi connectivity index (χ4n) is 9.26. The number of hydrogen-bond donors (Lipinski definition) is 1. The lowest BCUT2D eigenvalue weighted by Gasteiger charge is -2.61. The molecule has 0 aromatic carbocycles. The second-order valence-corrected chi connectivity index (χ2v) is 12.6. The highest BCUT2D eigenvalue weighted by molar-refractivity contribution is 5.09. The second kappa shape index (κ2) is 7.90. The normalized spacial score (nSPS) is 49.4. The van der Waals surface area contributed by atoms with Crippen molar-refractivity contribution in [1.82, 2.24) is 0 Å². The quantitative estimate of drug-likeness (QED) is 0.518. The molecule has 9 atom stereocenters. The van der Waals surface area contributed by atoms with Gasteiger partial charge in [0.05, 0.1) is 6.10 Å². The Kier molecular flexibility index (Phi) is 5.98. The van der Waals surface area contributed by atoms with Gasteiger partial charge >= 0.3 is 0 Å². The predicted molar refractivity (Wildman–Crippen MR) is 119 cm³/mol. The summed E-state index contributed by atoms with van der Waals surface area (Å²) in [4.78, 5) is 0. The molecule has 0 heterocycles. The van der Waals surface area contributed by atoms with Gasteiger partial charge in [-0.3, -0.25) is 0 Å². The van der Waals surface area contributed by atoms with Gasteiger partial charge in [-0.2, -0.15) is 0 Å². The molecule has 1 nitrogen and oxygen atoms in total. The van der Waals surface area contributed by atoms with Gasteiger partial charge < -0.3 is 5.11 Å². The number of rotatable bonds is 5. The molecule has 0 aromatic rings. The molecule has 4 rings (SSSR count). The Morgan fingerprint density at radius 1 is 0.821 bits per heavy atom. The van der Waals surface area contributed by atoms with Crippen LogP contribution in [0.5, 0.6) is 0 Å². The number of hydrogen-bond acceptors (Lipinski definition) is 1. The standard InChI is InChI=1S/C27H48O/c1-18(2)7-6-8-19(3)23-11-12-24-22-10-9-20-17-21(28)13-15-26(20,4)25(22)14-16-27(23,24)5/h18-25,28H,6-17H2,1-5H3/t19-,20-,21-,22?,23-,24?,25?,26+,27-/m1/s1. The Morgan fingerprint density at radius 2 is 1.54 bits per heavy atom. The predicted octanol–water partition coefficient (Wildman–Crippen LogP) is 7.47. The first-order valence-corrected chi connectivity index (χ1v) is 12.9. The van der Waals surface area contributed by atoms with Gasteiger partial charge in [-0.15, -0.1) is 0 Å². The second-order valence-electron chi connectivity index (χ2n) is 12.6. The van der Waals surface area contributed by atoms with Crippen LogP contribution in [0.1, 0.15) is 112 Å². The number of fused-ring (bicyclic) bond motifs is 5. The van der Waals surface area contributed by atoms with E-state index in [0.717, 1.165) is 54.3 Å². The van der Waals surface area contributed by atoms with Crippen LogP contribution in [0.2, 0.25) is 0 Å². The van der Waals surface area contributed by atoms with Crippen molar-refractivity contribution in [3.8, 4) is 0 Å². The Balaban J connectivity index is 1.46. The minimum atomic E-state index is -0.00830. The van der Waals surface area contributed by atoms with Crippen LogP contribution in [0.3, 0.4) is 0 Å².